The number of benzene rings is 2. The van der Waals surface area contributed by atoms with Crippen molar-refractivity contribution in [2.75, 3.05) is 0 Å². The molecule has 0 unspecified atom stereocenters. The van der Waals surface area contributed by atoms with Gasteiger partial charge in [-0.3, -0.25) is 9.59 Å². The number of hydrogen-bond donors (Lipinski definition) is 3. The van der Waals surface area contributed by atoms with E-state index in [0.29, 0.717) is 22.6 Å². The molecule has 1 heterocycles. The highest BCUT2D eigenvalue weighted by Gasteiger charge is 2.15. The molecule has 27 heavy (non-hydrogen) atoms. The Balaban J connectivity index is 1.82. The maximum absolute atomic E-state index is 12.2. The SMILES string of the molecule is C[C@@H](NC(=O)c1cccc(-c2cc(-c3ccc(CO)cc3)on2)c1)C(N)=O. The highest BCUT2D eigenvalue weighted by molar-refractivity contribution is 5.98. The lowest BCUT2D eigenvalue weighted by atomic mass is 10.1. The normalized spacial score (nSPS) is 11.8. The molecule has 138 valence electrons. The third-order valence-corrected chi connectivity index (χ3v) is 4.13. The smallest absolute Gasteiger partial charge is 0.251 e. The van der Waals surface area contributed by atoms with Gasteiger partial charge in [0.1, 0.15) is 11.7 Å². The number of nitrogens with two attached hydrogens (primary N) is 1. The van der Waals surface area contributed by atoms with Crippen LogP contribution in [0.2, 0.25) is 0 Å². The van der Waals surface area contributed by atoms with E-state index in [-0.39, 0.29) is 6.61 Å². The molecule has 2 aromatic carbocycles. The van der Waals surface area contributed by atoms with E-state index in [2.05, 4.69) is 10.5 Å². The third-order valence-electron chi connectivity index (χ3n) is 4.13. The van der Waals surface area contributed by atoms with Crippen molar-refractivity contribution in [2.24, 2.45) is 5.73 Å². The number of amides is 2. The van der Waals surface area contributed by atoms with Crippen molar-refractivity contribution >= 4 is 11.8 Å². The fourth-order valence-electron chi connectivity index (χ4n) is 2.49. The molecule has 0 radical (unpaired) electrons. The van der Waals surface area contributed by atoms with Gasteiger partial charge in [0.15, 0.2) is 5.76 Å². The first-order valence-electron chi connectivity index (χ1n) is 8.35. The number of aromatic nitrogens is 1. The second kappa shape index (κ2) is 7.84. The zero-order chi connectivity index (χ0) is 19.4. The van der Waals surface area contributed by atoms with Gasteiger partial charge >= 0.3 is 0 Å². The summed E-state index contributed by atoms with van der Waals surface area (Å²) in [5.41, 5.74) is 8.48. The lowest BCUT2D eigenvalue weighted by Gasteiger charge is -2.10. The molecule has 3 rings (SSSR count). The van der Waals surface area contributed by atoms with Crippen LogP contribution in [-0.4, -0.2) is 28.1 Å². The largest absolute Gasteiger partial charge is 0.392 e. The number of hydrogen-bond acceptors (Lipinski definition) is 5. The van der Waals surface area contributed by atoms with Gasteiger partial charge in [0.2, 0.25) is 5.91 Å². The number of nitrogens with one attached hydrogen (secondary N) is 1. The molecule has 0 bridgehead atoms. The standard InChI is InChI=1S/C20H19N3O4/c1-12(19(21)25)22-20(26)16-4-2-3-15(9-16)17-10-18(27-23-17)14-7-5-13(11-24)6-8-14/h2-10,12,24H,11H2,1H3,(H2,21,25)(H,22,26)/t12-/m1/s1. The van der Waals surface area contributed by atoms with Crippen LogP contribution < -0.4 is 11.1 Å². The summed E-state index contributed by atoms with van der Waals surface area (Å²) in [5.74, 6) is -0.425. The van der Waals surface area contributed by atoms with Gasteiger partial charge in [-0.05, 0) is 24.6 Å². The first-order chi connectivity index (χ1) is 13.0. The Morgan fingerprint density at radius 2 is 1.89 bits per heavy atom. The van der Waals surface area contributed by atoms with Gasteiger partial charge in [-0.2, -0.15) is 0 Å². The predicted molar refractivity (Wildman–Crippen MR) is 99.4 cm³/mol. The van der Waals surface area contributed by atoms with Crippen molar-refractivity contribution in [3.8, 4) is 22.6 Å². The Labute approximate surface area is 155 Å². The molecule has 0 aliphatic heterocycles. The molecule has 0 saturated heterocycles. The third kappa shape index (κ3) is 4.21. The van der Waals surface area contributed by atoms with E-state index < -0.39 is 17.9 Å². The van der Waals surface area contributed by atoms with Gasteiger partial charge in [-0.15, -0.1) is 0 Å². The Hall–Kier alpha value is -3.45. The molecule has 4 N–H and O–H groups in total. The van der Waals surface area contributed by atoms with Crippen LogP contribution in [0.4, 0.5) is 0 Å². The fourth-order valence-corrected chi connectivity index (χ4v) is 2.49. The predicted octanol–water partition coefficient (Wildman–Crippen LogP) is 2.10. The van der Waals surface area contributed by atoms with Crippen LogP contribution >= 0.6 is 0 Å². The van der Waals surface area contributed by atoms with Gasteiger partial charge in [-0.25, -0.2) is 0 Å². The van der Waals surface area contributed by atoms with E-state index in [1.165, 1.54) is 6.92 Å². The topological polar surface area (TPSA) is 118 Å². The summed E-state index contributed by atoms with van der Waals surface area (Å²) >= 11 is 0. The molecule has 7 nitrogen and oxygen atoms in total. The number of rotatable bonds is 6. The van der Waals surface area contributed by atoms with Gasteiger partial charge < -0.3 is 20.7 Å². The molecule has 0 fully saturated rings. The summed E-state index contributed by atoms with van der Waals surface area (Å²) in [4.78, 5) is 23.4. The average molecular weight is 365 g/mol. The highest BCUT2D eigenvalue weighted by atomic mass is 16.5. The van der Waals surface area contributed by atoms with Crippen molar-refractivity contribution in [1.82, 2.24) is 10.5 Å². The van der Waals surface area contributed by atoms with Crippen LogP contribution in [0.1, 0.15) is 22.8 Å². The molecule has 0 saturated carbocycles. The second-order valence-electron chi connectivity index (χ2n) is 6.11. The molecule has 0 aliphatic rings. The second-order valence-corrected chi connectivity index (χ2v) is 6.11. The van der Waals surface area contributed by atoms with Gasteiger partial charge in [0.25, 0.3) is 5.91 Å². The van der Waals surface area contributed by atoms with Crippen LogP contribution in [-0.2, 0) is 11.4 Å². The Bertz CT molecular complexity index is 963. The Morgan fingerprint density at radius 1 is 1.15 bits per heavy atom. The molecular formula is C20H19N3O4. The molecule has 1 atom stereocenters. The first kappa shape index (κ1) is 18.3. The minimum absolute atomic E-state index is 0.0227. The van der Waals surface area contributed by atoms with Gasteiger partial charge in [0, 0.05) is 22.8 Å². The maximum atomic E-state index is 12.2. The van der Waals surface area contributed by atoms with E-state index in [9.17, 15) is 9.59 Å². The van der Waals surface area contributed by atoms with Crippen molar-refractivity contribution < 1.29 is 19.2 Å². The lowest BCUT2D eigenvalue weighted by molar-refractivity contribution is -0.119. The number of nitrogens with zero attached hydrogens (tertiary/aromatic N) is 1. The maximum Gasteiger partial charge on any atom is 0.251 e. The lowest BCUT2D eigenvalue weighted by Crippen LogP contribution is -2.42. The molecule has 0 aliphatic carbocycles. The summed E-state index contributed by atoms with van der Waals surface area (Å²) in [7, 11) is 0. The Morgan fingerprint density at radius 3 is 2.56 bits per heavy atom. The van der Waals surface area contributed by atoms with E-state index in [1.807, 2.05) is 30.3 Å². The van der Waals surface area contributed by atoms with Gasteiger partial charge in [-0.1, -0.05) is 41.6 Å². The van der Waals surface area contributed by atoms with Crippen LogP contribution in [0.15, 0.2) is 59.1 Å². The summed E-state index contributed by atoms with van der Waals surface area (Å²) < 4.78 is 5.40. The van der Waals surface area contributed by atoms with E-state index in [1.54, 1.807) is 24.3 Å². The zero-order valence-electron chi connectivity index (χ0n) is 14.7. The molecular weight excluding hydrogens is 346 g/mol. The molecule has 7 heteroatoms. The van der Waals surface area contributed by atoms with Crippen molar-refractivity contribution in [2.45, 2.75) is 19.6 Å². The average Bonchev–Trinajstić information content (AvgIpc) is 3.18. The highest BCUT2D eigenvalue weighted by Crippen LogP contribution is 2.26. The summed E-state index contributed by atoms with van der Waals surface area (Å²) in [6.45, 7) is 1.50. The summed E-state index contributed by atoms with van der Waals surface area (Å²) in [6.07, 6.45) is 0. The molecule has 1 aromatic heterocycles. The fraction of sp³-hybridized carbons (Fsp3) is 0.150. The van der Waals surface area contributed by atoms with Crippen LogP contribution in [0.5, 0.6) is 0 Å². The molecule has 3 aromatic rings. The molecule has 2 amide bonds. The van der Waals surface area contributed by atoms with Crippen molar-refractivity contribution in [3.63, 3.8) is 0 Å². The minimum atomic E-state index is -0.762. The molecule has 0 spiro atoms. The van der Waals surface area contributed by atoms with Crippen molar-refractivity contribution in [1.29, 1.82) is 0 Å². The van der Waals surface area contributed by atoms with E-state index in [0.717, 1.165) is 11.1 Å². The zero-order valence-corrected chi connectivity index (χ0v) is 14.7. The van der Waals surface area contributed by atoms with E-state index in [4.69, 9.17) is 15.4 Å². The number of aliphatic hydroxyl groups is 1. The minimum Gasteiger partial charge on any atom is -0.392 e. The number of carbonyl (C=O) groups is 2. The summed E-state index contributed by atoms with van der Waals surface area (Å²) in [6, 6.07) is 15.1. The van der Waals surface area contributed by atoms with Gasteiger partial charge in [0.05, 0.1) is 6.61 Å². The number of carbonyl (C=O) groups excluding carboxylic acids is 2. The Kier molecular flexibility index (Phi) is 5.33. The van der Waals surface area contributed by atoms with Crippen LogP contribution in [0.3, 0.4) is 0 Å². The quantitative estimate of drug-likeness (QED) is 0.618. The summed E-state index contributed by atoms with van der Waals surface area (Å²) in [5, 5.41) is 15.7. The monoisotopic (exact) mass is 365 g/mol. The number of aliphatic hydroxyl groups excluding tert-OH is 1. The van der Waals surface area contributed by atoms with E-state index >= 15 is 0 Å². The first-order valence-corrected chi connectivity index (χ1v) is 8.35. The van der Waals surface area contributed by atoms with Crippen molar-refractivity contribution in [3.05, 3.63) is 65.7 Å². The van der Waals surface area contributed by atoms with Crippen LogP contribution in [0.25, 0.3) is 22.6 Å². The number of primary amides is 1. The van der Waals surface area contributed by atoms with Crippen LogP contribution in [0, 0.1) is 0 Å².